The third-order valence-corrected chi connectivity index (χ3v) is 2.41. The number of aromatic carboxylic acids is 1. The summed E-state index contributed by atoms with van der Waals surface area (Å²) < 4.78 is 13.7. The number of nitrogens with zero attached hydrogens (tertiary/aromatic N) is 1. The van der Waals surface area contributed by atoms with Crippen LogP contribution in [0.1, 0.15) is 15.9 Å². The van der Waals surface area contributed by atoms with Gasteiger partial charge in [0.05, 0.1) is 11.3 Å². The quantitative estimate of drug-likeness (QED) is 0.864. The molecule has 86 valence electrons. The van der Waals surface area contributed by atoms with Gasteiger partial charge in [-0.2, -0.15) is 0 Å². The Bertz CT molecular complexity index is 581. The third kappa shape index (κ3) is 2.30. The molecule has 17 heavy (non-hydrogen) atoms. The Kier molecular flexibility index (Phi) is 2.87. The van der Waals surface area contributed by atoms with Gasteiger partial charge in [-0.15, -0.1) is 0 Å². The smallest absolute Gasteiger partial charge is 0.335 e. The van der Waals surface area contributed by atoms with Crippen molar-refractivity contribution in [2.75, 3.05) is 0 Å². The van der Waals surface area contributed by atoms with Crippen molar-refractivity contribution < 1.29 is 14.3 Å². The summed E-state index contributed by atoms with van der Waals surface area (Å²) in [5, 5.41) is 8.85. The third-order valence-electron chi connectivity index (χ3n) is 2.41. The first-order valence-electron chi connectivity index (χ1n) is 5.04. The number of carbonyl (C=O) groups is 1. The van der Waals surface area contributed by atoms with Gasteiger partial charge in [-0.3, -0.25) is 4.98 Å². The highest BCUT2D eigenvalue weighted by Gasteiger charge is 2.09. The van der Waals surface area contributed by atoms with Crippen LogP contribution in [0.2, 0.25) is 0 Å². The highest BCUT2D eigenvalue weighted by atomic mass is 19.1. The molecule has 0 aliphatic rings. The van der Waals surface area contributed by atoms with E-state index < -0.39 is 11.8 Å². The summed E-state index contributed by atoms with van der Waals surface area (Å²) in [7, 11) is 0. The SMILES string of the molecule is Cc1ccc(-c2cc(C(=O)O)ccn2)c(F)c1. The van der Waals surface area contributed by atoms with E-state index in [1.165, 1.54) is 24.4 Å². The summed E-state index contributed by atoms with van der Waals surface area (Å²) in [4.78, 5) is 14.8. The van der Waals surface area contributed by atoms with Crippen LogP contribution in [-0.2, 0) is 0 Å². The van der Waals surface area contributed by atoms with Crippen molar-refractivity contribution in [2.45, 2.75) is 6.92 Å². The highest BCUT2D eigenvalue weighted by molar-refractivity contribution is 5.88. The molecule has 0 bridgehead atoms. The van der Waals surface area contributed by atoms with Crippen LogP contribution in [0.3, 0.4) is 0 Å². The van der Waals surface area contributed by atoms with E-state index in [1.807, 2.05) is 0 Å². The summed E-state index contributed by atoms with van der Waals surface area (Å²) in [6.45, 7) is 1.79. The molecule has 0 spiro atoms. The minimum Gasteiger partial charge on any atom is -0.478 e. The summed E-state index contributed by atoms with van der Waals surface area (Å²) in [6.07, 6.45) is 1.36. The molecule has 3 nitrogen and oxygen atoms in total. The van der Waals surface area contributed by atoms with Crippen LogP contribution >= 0.6 is 0 Å². The Morgan fingerprint density at radius 3 is 2.71 bits per heavy atom. The number of hydrogen-bond donors (Lipinski definition) is 1. The van der Waals surface area contributed by atoms with Crippen LogP contribution in [0.4, 0.5) is 4.39 Å². The molecule has 0 amide bonds. The van der Waals surface area contributed by atoms with E-state index in [2.05, 4.69) is 4.98 Å². The summed E-state index contributed by atoms with van der Waals surface area (Å²) in [5.41, 5.74) is 1.52. The lowest BCUT2D eigenvalue weighted by Gasteiger charge is -2.04. The number of hydrogen-bond acceptors (Lipinski definition) is 2. The molecule has 0 atom stereocenters. The zero-order chi connectivity index (χ0) is 12.4. The number of rotatable bonds is 2. The maximum absolute atomic E-state index is 13.7. The molecule has 0 aliphatic carbocycles. The van der Waals surface area contributed by atoms with Gasteiger partial charge in [-0.1, -0.05) is 6.07 Å². The molecule has 0 fully saturated rings. The molecular formula is C13H10FNO2. The van der Waals surface area contributed by atoms with Crippen LogP contribution < -0.4 is 0 Å². The summed E-state index contributed by atoms with van der Waals surface area (Å²) >= 11 is 0. The molecule has 2 rings (SSSR count). The zero-order valence-corrected chi connectivity index (χ0v) is 9.14. The number of benzene rings is 1. The Morgan fingerprint density at radius 2 is 2.06 bits per heavy atom. The first-order valence-corrected chi connectivity index (χ1v) is 5.04. The topological polar surface area (TPSA) is 50.2 Å². The fourth-order valence-corrected chi connectivity index (χ4v) is 1.54. The predicted molar refractivity (Wildman–Crippen MR) is 61.3 cm³/mol. The molecule has 1 aromatic heterocycles. The van der Waals surface area contributed by atoms with Gasteiger partial charge in [0.2, 0.25) is 0 Å². The lowest BCUT2D eigenvalue weighted by atomic mass is 10.1. The maximum Gasteiger partial charge on any atom is 0.335 e. The second kappa shape index (κ2) is 4.33. The second-order valence-corrected chi connectivity index (χ2v) is 3.72. The van der Waals surface area contributed by atoms with Gasteiger partial charge in [0, 0.05) is 11.8 Å². The second-order valence-electron chi connectivity index (χ2n) is 3.72. The van der Waals surface area contributed by atoms with Gasteiger partial charge in [0.15, 0.2) is 0 Å². The van der Waals surface area contributed by atoms with Crippen LogP contribution in [0.5, 0.6) is 0 Å². The minimum atomic E-state index is -1.05. The van der Waals surface area contributed by atoms with E-state index in [1.54, 1.807) is 19.1 Å². The normalized spacial score (nSPS) is 10.2. The lowest BCUT2D eigenvalue weighted by molar-refractivity contribution is 0.0697. The van der Waals surface area contributed by atoms with Crippen molar-refractivity contribution in [3.8, 4) is 11.3 Å². The van der Waals surface area contributed by atoms with Gasteiger partial charge < -0.3 is 5.11 Å². The number of halogens is 1. The van der Waals surface area contributed by atoms with E-state index in [0.29, 0.717) is 11.3 Å². The maximum atomic E-state index is 13.7. The van der Waals surface area contributed by atoms with Gasteiger partial charge in [-0.25, -0.2) is 9.18 Å². The highest BCUT2D eigenvalue weighted by Crippen LogP contribution is 2.22. The van der Waals surface area contributed by atoms with Gasteiger partial charge in [0.1, 0.15) is 5.82 Å². The molecule has 1 heterocycles. The molecule has 4 heteroatoms. The van der Waals surface area contributed by atoms with Crippen molar-refractivity contribution in [1.82, 2.24) is 4.98 Å². The van der Waals surface area contributed by atoms with Crippen molar-refractivity contribution in [1.29, 1.82) is 0 Å². The van der Waals surface area contributed by atoms with Crippen LogP contribution in [0.15, 0.2) is 36.5 Å². The number of aromatic nitrogens is 1. The van der Waals surface area contributed by atoms with Gasteiger partial charge in [-0.05, 0) is 36.8 Å². The fraction of sp³-hybridized carbons (Fsp3) is 0.0769. The summed E-state index contributed by atoms with van der Waals surface area (Å²) in [5.74, 6) is -1.46. The molecular weight excluding hydrogens is 221 g/mol. The molecule has 0 radical (unpaired) electrons. The van der Waals surface area contributed by atoms with Crippen molar-refractivity contribution in [3.63, 3.8) is 0 Å². The Hall–Kier alpha value is -2.23. The van der Waals surface area contributed by atoms with E-state index >= 15 is 0 Å². The van der Waals surface area contributed by atoms with E-state index in [9.17, 15) is 9.18 Å². The molecule has 0 aliphatic heterocycles. The zero-order valence-electron chi connectivity index (χ0n) is 9.14. The predicted octanol–water partition coefficient (Wildman–Crippen LogP) is 2.89. The summed E-state index contributed by atoms with van der Waals surface area (Å²) in [6, 6.07) is 7.48. The number of pyridine rings is 1. The number of carboxylic acid groups (broad SMARTS) is 1. The molecule has 2 aromatic rings. The first kappa shape index (κ1) is 11.3. The fourth-order valence-electron chi connectivity index (χ4n) is 1.54. The van der Waals surface area contributed by atoms with E-state index in [-0.39, 0.29) is 5.56 Å². The van der Waals surface area contributed by atoms with Crippen LogP contribution in [0.25, 0.3) is 11.3 Å². The monoisotopic (exact) mass is 231 g/mol. The van der Waals surface area contributed by atoms with E-state index in [4.69, 9.17) is 5.11 Å². The Labute approximate surface area is 97.6 Å². The molecule has 1 aromatic carbocycles. The lowest BCUT2D eigenvalue weighted by Crippen LogP contribution is -1.98. The minimum absolute atomic E-state index is 0.0926. The first-order chi connectivity index (χ1) is 8.08. The standard InChI is InChI=1S/C13H10FNO2/c1-8-2-3-10(11(14)6-8)12-7-9(13(16)17)4-5-15-12/h2-7H,1H3,(H,16,17). The molecule has 1 N–H and O–H groups in total. The Balaban J connectivity index is 2.53. The van der Waals surface area contributed by atoms with Gasteiger partial charge in [0.25, 0.3) is 0 Å². The molecule has 0 saturated carbocycles. The number of carboxylic acids is 1. The van der Waals surface area contributed by atoms with Crippen molar-refractivity contribution >= 4 is 5.97 Å². The van der Waals surface area contributed by atoms with Gasteiger partial charge >= 0.3 is 5.97 Å². The Morgan fingerprint density at radius 1 is 1.29 bits per heavy atom. The van der Waals surface area contributed by atoms with Crippen molar-refractivity contribution in [3.05, 3.63) is 53.5 Å². The van der Waals surface area contributed by atoms with Crippen LogP contribution in [-0.4, -0.2) is 16.1 Å². The molecule has 0 saturated heterocycles. The largest absolute Gasteiger partial charge is 0.478 e. The average Bonchev–Trinajstić information content (AvgIpc) is 2.29. The van der Waals surface area contributed by atoms with Crippen LogP contribution in [0, 0.1) is 12.7 Å². The molecule has 0 unspecified atom stereocenters. The van der Waals surface area contributed by atoms with E-state index in [0.717, 1.165) is 5.56 Å². The van der Waals surface area contributed by atoms with Crippen molar-refractivity contribution in [2.24, 2.45) is 0 Å². The average molecular weight is 231 g/mol. The number of aryl methyl sites for hydroxylation is 1.